The molecule has 0 aliphatic carbocycles. The first-order valence-electron chi connectivity index (χ1n) is 8.52. The molecule has 28 heavy (non-hydrogen) atoms. The molecular formula is C19H22ClF3N2O2S. The number of hydrogen-bond donors (Lipinski definition) is 2. The molecule has 2 aromatic carbocycles. The van der Waals surface area contributed by atoms with Crippen LogP contribution in [0.4, 0.5) is 13.2 Å². The minimum Gasteiger partial charge on any atom is -0.311 e. The first-order chi connectivity index (χ1) is 12.9. The number of benzene rings is 2. The summed E-state index contributed by atoms with van der Waals surface area (Å²) in [6, 6.07) is 7.62. The van der Waals surface area contributed by atoms with Crippen molar-refractivity contribution in [1.82, 2.24) is 10.0 Å². The van der Waals surface area contributed by atoms with Crippen LogP contribution in [0.15, 0.2) is 41.3 Å². The van der Waals surface area contributed by atoms with Crippen LogP contribution in [0.2, 0.25) is 5.02 Å². The third kappa shape index (κ3) is 5.94. The molecule has 0 spiro atoms. The molecule has 2 N–H and O–H groups in total. The predicted octanol–water partition coefficient (Wildman–Crippen LogP) is 4.26. The number of halogens is 4. The van der Waals surface area contributed by atoms with Crippen LogP contribution < -0.4 is 10.0 Å². The van der Waals surface area contributed by atoms with Gasteiger partial charge >= 0.3 is 6.18 Å². The summed E-state index contributed by atoms with van der Waals surface area (Å²) >= 11 is 5.78. The van der Waals surface area contributed by atoms with Crippen LogP contribution in [0, 0.1) is 20.8 Å². The number of hydrogen-bond acceptors (Lipinski definition) is 3. The Hall–Kier alpha value is -1.61. The highest BCUT2D eigenvalue weighted by molar-refractivity contribution is 7.89. The number of sulfonamides is 1. The van der Waals surface area contributed by atoms with E-state index in [2.05, 4.69) is 5.32 Å². The second kappa shape index (κ2) is 8.82. The Morgan fingerprint density at radius 1 is 1.04 bits per heavy atom. The second-order valence-electron chi connectivity index (χ2n) is 6.70. The number of nitrogens with one attached hydrogen (secondary N) is 2. The van der Waals surface area contributed by atoms with Crippen LogP contribution in [0.3, 0.4) is 0 Å². The molecule has 1 unspecified atom stereocenters. The molecule has 9 heteroatoms. The zero-order chi connectivity index (χ0) is 21.1. The van der Waals surface area contributed by atoms with E-state index >= 15 is 0 Å². The van der Waals surface area contributed by atoms with Crippen LogP contribution >= 0.6 is 11.6 Å². The summed E-state index contributed by atoms with van der Waals surface area (Å²) in [6.45, 7) is 4.47. The Balaban J connectivity index is 2.16. The standard InChI is InChI=1S/C19H22ClF3N2O2S/c1-12-8-13(2)18(14(3)9-12)28(26,27)25-17(19(21,22)23)11-24-10-15-4-6-16(20)7-5-15/h4-9,17,24-25H,10-11H2,1-3H3. The molecule has 4 nitrogen and oxygen atoms in total. The lowest BCUT2D eigenvalue weighted by Crippen LogP contribution is -2.51. The maximum absolute atomic E-state index is 13.4. The van der Waals surface area contributed by atoms with Crippen molar-refractivity contribution in [3.05, 3.63) is 63.7 Å². The van der Waals surface area contributed by atoms with E-state index in [1.165, 1.54) is 0 Å². The molecule has 0 saturated carbocycles. The fourth-order valence-electron chi connectivity index (χ4n) is 3.02. The van der Waals surface area contributed by atoms with Crippen molar-refractivity contribution >= 4 is 21.6 Å². The molecule has 0 saturated heterocycles. The minimum absolute atomic E-state index is 0.120. The molecule has 0 fully saturated rings. The summed E-state index contributed by atoms with van der Waals surface area (Å²) < 4.78 is 67.4. The van der Waals surface area contributed by atoms with E-state index in [9.17, 15) is 21.6 Å². The van der Waals surface area contributed by atoms with Crippen molar-refractivity contribution in [1.29, 1.82) is 0 Å². The van der Waals surface area contributed by atoms with Crippen molar-refractivity contribution in [3.63, 3.8) is 0 Å². The molecular weight excluding hydrogens is 413 g/mol. The van der Waals surface area contributed by atoms with E-state index in [0.29, 0.717) is 16.1 Å². The lowest BCUT2D eigenvalue weighted by atomic mass is 10.1. The van der Waals surface area contributed by atoms with Crippen molar-refractivity contribution in [3.8, 4) is 0 Å². The third-order valence-electron chi connectivity index (χ3n) is 4.16. The highest BCUT2D eigenvalue weighted by Gasteiger charge is 2.42. The molecule has 154 valence electrons. The normalized spacial score (nSPS) is 13.5. The molecule has 2 aromatic rings. The fourth-order valence-corrected chi connectivity index (χ4v) is 4.83. The summed E-state index contributed by atoms with van der Waals surface area (Å²) in [4.78, 5) is -0.120. The maximum atomic E-state index is 13.4. The van der Waals surface area contributed by atoms with Crippen molar-refractivity contribution in [2.24, 2.45) is 0 Å². The summed E-state index contributed by atoms with van der Waals surface area (Å²) in [6.07, 6.45) is -4.74. The SMILES string of the molecule is Cc1cc(C)c(S(=O)(=O)NC(CNCc2ccc(Cl)cc2)C(F)(F)F)c(C)c1. The molecule has 1 atom stereocenters. The number of aryl methyl sites for hydroxylation is 3. The Bertz CT molecular complexity index is 906. The van der Waals surface area contributed by atoms with E-state index in [-0.39, 0.29) is 11.4 Å². The van der Waals surface area contributed by atoms with Gasteiger partial charge in [0.15, 0.2) is 0 Å². The first kappa shape index (κ1) is 22.7. The van der Waals surface area contributed by atoms with Gasteiger partial charge in [-0.2, -0.15) is 17.9 Å². The smallest absolute Gasteiger partial charge is 0.311 e. The predicted molar refractivity (Wildman–Crippen MR) is 104 cm³/mol. The summed E-state index contributed by atoms with van der Waals surface area (Å²) in [5.74, 6) is 0. The van der Waals surface area contributed by atoms with Gasteiger partial charge in [0.2, 0.25) is 10.0 Å². The van der Waals surface area contributed by atoms with Crippen LogP contribution in [0.25, 0.3) is 0 Å². The monoisotopic (exact) mass is 434 g/mol. The van der Waals surface area contributed by atoms with Gasteiger partial charge in [0, 0.05) is 18.1 Å². The van der Waals surface area contributed by atoms with Crippen LogP contribution in [0.1, 0.15) is 22.3 Å². The van der Waals surface area contributed by atoms with Crippen LogP contribution in [0.5, 0.6) is 0 Å². The van der Waals surface area contributed by atoms with Gasteiger partial charge in [-0.15, -0.1) is 0 Å². The average Bonchev–Trinajstić information content (AvgIpc) is 2.53. The lowest BCUT2D eigenvalue weighted by molar-refractivity contribution is -0.150. The molecule has 0 heterocycles. The third-order valence-corrected chi connectivity index (χ3v) is 6.18. The molecule has 0 aliphatic heterocycles. The van der Waals surface area contributed by atoms with E-state index in [1.807, 2.05) is 4.72 Å². The Labute approximate surface area is 168 Å². The number of alkyl halides is 3. The van der Waals surface area contributed by atoms with Crippen molar-refractivity contribution in [2.75, 3.05) is 6.54 Å². The summed E-state index contributed by atoms with van der Waals surface area (Å²) in [5, 5.41) is 3.17. The van der Waals surface area contributed by atoms with Gasteiger partial charge in [-0.05, 0) is 49.6 Å². The average molecular weight is 435 g/mol. The Morgan fingerprint density at radius 3 is 2.07 bits per heavy atom. The largest absolute Gasteiger partial charge is 0.406 e. The molecule has 2 rings (SSSR count). The second-order valence-corrected chi connectivity index (χ2v) is 8.79. The molecule has 0 bridgehead atoms. The Kier molecular flexibility index (Phi) is 7.14. The Morgan fingerprint density at radius 2 is 1.57 bits per heavy atom. The van der Waals surface area contributed by atoms with Gasteiger partial charge in [0.1, 0.15) is 6.04 Å². The van der Waals surface area contributed by atoms with E-state index in [1.54, 1.807) is 57.2 Å². The van der Waals surface area contributed by atoms with E-state index < -0.39 is 28.8 Å². The van der Waals surface area contributed by atoms with Gasteiger partial charge in [0.05, 0.1) is 4.90 Å². The van der Waals surface area contributed by atoms with Crippen molar-refractivity contribution < 1.29 is 21.6 Å². The lowest BCUT2D eigenvalue weighted by Gasteiger charge is -2.23. The zero-order valence-electron chi connectivity index (χ0n) is 15.7. The molecule has 0 amide bonds. The van der Waals surface area contributed by atoms with Gasteiger partial charge < -0.3 is 5.32 Å². The van der Waals surface area contributed by atoms with Gasteiger partial charge in [-0.25, -0.2) is 8.42 Å². The van der Waals surface area contributed by atoms with Crippen LogP contribution in [-0.4, -0.2) is 27.2 Å². The van der Waals surface area contributed by atoms with E-state index in [0.717, 1.165) is 11.1 Å². The quantitative estimate of drug-likeness (QED) is 0.684. The summed E-state index contributed by atoms with van der Waals surface area (Å²) in [5.41, 5.74) is 2.38. The summed E-state index contributed by atoms with van der Waals surface area (Å²) in [7, 11) is -4.35. The minimum atomic E-state index is -4.74. The van der Waals surface area contributed by atoms with Crippen LogP contribution in [-0.2, 0) is 16.6 Å². The highest BCUT2D eigenvalue weighted by atomic mass is 35.5. The fraction of sp³-hybridized carbons (Fsp3) is 0.368. The zero-order valence-corrected chi connectivity index (χ0v) is 17.3. The molecule has 0 aromatic heterocycles. The van der Waals surface area contributed by atoms with Gasteiger partial charge in [-0.3, -0.25) is 0 Å². The topological polar surface area (TPSA) is 58.2 Å². The van der Waals surface area contributed by atoms with Gasteiger partial charge in [0.25, 0.3) is 0 Å². The highest BCUT2D eigenvalue weighted by Crippen LogP contribution is 2.25. The first-order valence-corrected chi connectivity index (χ1v) is 10.4. The molecule has 0 radical (unpaired) electrons. The van der Waals surface area contributed by atoms with E-state index in [4.69, 9.17) is 11.6 Å². The van der Waals surface area contributed by atoms with Gasteiger partial charge in [-0.1, -0.05) is 41.4 Å². The van der Waals surface area contributed by atoms with Crippen molar-refractivity contribution in [2.45, 2.75) is 44.4 Å². The maximum Gasteiger partial charge on any atom is 0.406 e. The molecule has 0 aliphatic rings. The number of rotatable bonds is 7.